The lowest BCUT2D eigenvalue weighted by atomic mass is 10.2. The van der Waals surface area contributed by atoms with Gasteiger partial charge in [0.25, 0.3) is 5.91 Å². The van der Waals surface area contributed by atoms with Gasteiger partial charge in [-0.2, -0.15) is 10.1 Å². The zero-order chi connectivity index (χ0) is 18.7. The van der Waals surface area contributed by atoms with Gasteiger partial charge in [0.1, 0.15) is 5.69 Å². The van der Waals surface area contributed by atoms with Crippen molar-refractivity contribution >= 4 is 17.4 Å². The first kappa shape index (κ1) is 17.4. The van der Waals surface area contributed by atoms with E-state index in [1.54, 1.807) is 15.8 Å². The topological polar surface area (TPSA) is 85.2 Å². The maximum atomic E-state index is 12.7. The molecule has 0 aliphatic heterocycles. The van der Waals surface area contributed by atoms with Gasteiger partial charge in [-0.15, -0.1) is 0 Å². The van der Waals surface area contributed by atoms with Crippen LogP contribution in [0.4, 0.5) is 11.5 Å². The van der Waals surface area contributed by atoms with Crippen molar-refractivity contribution in [3.8, 4) is 11.7 Å². The number of carbonyl (C=O) groups excluding carboxylic acids is 1. The Morgan fingerprint density at radius 3 is 2.58 bits per heavy atom. The summed E-state index contributed by atoms with van der Waals surface area (Å²) in [6.45, 7) is 1.85. The molecule has 2 aromatic heterocycles. The number of aromatic nitrogens is 4. The van der Waals surface area contributed by atoms with Crippen molar-refractivity contribution in [1.82, 2.24) is 19.7 Å². The van der Waals surface area contributed by atoms with Crippen LogP contribution in [0.2, 0.25) is 0 Å². The molecule has 8 nitrogen and oxygen atoms in total. The van der Waals surface area contributed by atoms with Crippen molar-refractivity contribution in [2.75, 3.05) is 31.4 Å². The fraction of sp³-hybridized carbons (Fsp3) is 0.222. The lowest BCUT2D eigenvalue weighted by Gasteiger charge is -2.16. The number of ether oxygens (including phenoxy) is 1. The van der Waals surface area contributed by atoms with Crippen LogP contribution in [-0.2, 0) is 0 Å². The Labute approximate surface area is 151 Å². The van der Waals surface area contributed by atoms with Gasteiger partial charge in [0.05, 0.1) is 36.4 Å². The highest BCUT2D eigenvalue weighted by atomic mass is 16.5. The van der Waals surface area contributed by atoms with Crippen molar-refractivity contribution in [3.63, 3.8) is 0 Å². The number of hydrogen-bond donors (Lipinski definition) is 1. The fourth-order valence-corrected chi connectivity index (χ4v) is 2.54. The second kappa shape index (κ2) is 7.22. The van der Waals surface area contributed by atoms with Gasteiger partial charge >= 0.3 is 6.01 Å². The molecule has 0 fully saturated rings. The molecule has 0 unspecified atom stereocenters. The Kier molecular flexibility index (Phi) is 4.83. The Morgan fingerprint density at radius 2 is 1.92 bits per heavy atom. The van der Waals surface area contributed by atoms with E-state index in [4.69, 9.17) is 4.74 Å². The van der Waals surface area contributed by atoms with Crippen LogP contribution in [0.1, 0.15) is 16.1 Å². The summed E-state index contributed by atoms with van der Waals surface area (Å²) >= 11 is 0. The van der Waals surface area contributed by atoms with E-state index >= 15 is 0 Å². The van der Waals surface area contributed by atoms with E-state index in [9.17, 15) is 4.79 Å². The van der Waals surface area contributed by atoms with E-state index in [0.717, 1.165) is 11.4 Å². The number of rotatable bonds is 5. The van der Waals surface area contributed by atoms with E-state index in [1.807, 2.05) is 51.4 Å². The average molecular weight is 352 g/mol. The van der Waals surface area contributed by atoms with Gasteiger partial charge in [-0.1, -0.05) is 18.2 Å². The van der Waals surface area contributed by atoms with Crippen LogP contribution >= 0.6 is 0 Å². The van der Waals surface area contributed by atoms with Crippen LogP contribution in [0.3, 0.4) is 0 Å². The molecule has 1 amide bonds. The van der Waals surface area contributed by atoms with Crippen LogP contribution in [0.25, 0.3) is 5.69 Å². The predicted molar refractivity (Wildman–Crippen MR) is 99.2 cm³/mol. The molecule has 0 saturated heterocycles. The van der Waals surface area contributed by atoms with Gasteiger partial charge in [0, 0.05) is 14.1 Å². The summed E-state index contributed by atoms with van der Waals surface area (Å²) in [5.74, 6) is 0.278. The predicted octanol–water partition coefficient (Wildman–Crippen LogP) is 2.30. The van der Waals surface area contributed by atoms with Crippen LogP contribution in [0.15, 0.2) is 42.7 Å². The maximum Gasteiger partial charge on any atom is 0.318 e. The minimum atomic E-state index is -0.276. The first-order valence-corrected chi connectivity index (χ1v) is 8.01. The number of nitrogens with zero attached hydrogens (tertiary/aromatic N) is 5. The van der Waals surface area contributed by atoms with E-state index in [1.165, 1.54) is 13.3 Å². The number of benzene rings is 1. The quantitative estimate of drug-likeness (QED) is 0.758. The van der Waals surface area contributed by atoms with Gasteiger partial charge in [0.15, 0.2) is 5.82 Å². The summed E-state index contributed by atoms with van der Waals surface area (Å²) in [5, 5.41) is 7.18. The second-order valence-corrected chi connectivity index (χ2v) is 5.83. The number of carbonyl (C=O) groups is 1. The first-order valence-electron chi connectivity index (χ1n) is 8.01. The molecule has 134 valence electrons. The van der Waals surface area contributed by atoms with Crippen molar-refractivity contribution in [2.24, 2.45) is 0 Å². The number of methoxy groups -OCH3 is 1. The SMILES string of the molecule is COc1ncc(NC(=O)c2cnn(-c3ccccc3)c2C)c(N(C)C)n1. The molecule has 1 N–H and O–H groups in total. The number of anilines is 2. The normalized spacial score (nSPS) is 10.5. The molecule has 2 heterocycles. The van der Waals surface area contributed by atoms with Crippen LogP contribution in [-0.4, -0.2) is 46.9 Å². The number of hydrogen-bond acceptors (Lipinski definition) is 6. The highest BCUT2D eigenvalue weighted by Gasteiger charge is 2.18. The Morgan fingerprint density at radius 1 is 1.19 bits per heavy atom. The molecule has 3 rings (SSSR count). The zero-order valence-electron chi connectivity index (χ0n) is 15.1. The molecule has 26 heavy (non-hydrogen) atoms. The summed E-state index contributed by atoms with van der Waals surface area (Å²) in [4.78, 5) is 22.9. The molecule has 0 aliphatic carbocycles. The lowest BCUT2D eigenvalue weighted by Crippen LogP contribution is -2.19. The maximum absolute atomic E-state index is 12.7. The molecule has 0 spiro atoms. The third-order valence-electron chi connectivity index (χ3n) is 3.86. The van der Waals surface area contributed by atoms with E-state index < -0.39 is 0 Å². The van der Waals surface area contributed by atoms with Crippen molar-refractivity contribution in [3.05, 3.63) is 54.0 Å². The van der Waals surface area contributed by atoms with Crippen molar-refractivity contribution in [2.45, 2.75) is 6.92 Å². The third kappa shape index (κ3) is 3.34. The van der Waals surface area contributed by atoms with E-state index in [0.29, 0.717) is 17.1 Å². The Hall–Kier alpha value is -3.42. The highest BCUT2D eigenvalue weighted by molar-refractivity contribution is 6.06. The van der Waals surface area contributed by atoms with Gasteiger partial charge in [-0.3, -0.25) is 4.79 Å². The molecule has 1 aromatic carbocycles. The van der Waals surface area contributed by atoms with Gasteiger partial charge in [-0.25, -0.2) is 9.67 Å². The van der Waals surface area contributed by atoms with Crippen molar-refractivity contribution in [1.29, 1.82) is 0 Å². The minimum Gasteiger partial charge on any atom is -0.467 e. The van der Waals surface area contributed by atoms with Crippen LogP contribution in [0, 0.1) is 6.92 Å². The van der Waals surface area contributed by atoms with Crippen LogP contribution < -0.4 is 15.0 Å². The number of amides is 1. The molecular weight excluding hydrogens is 332 g/mol. The fourth-order valence-electron chi connectivity index (χ4n) is 2.54. The second-order valence-electron chi connectivity index (χ2n) is 5.83. The molecule has 0 atom stereocenters. The minimum absolute atomic E-state index is 0.236. The number of para-hydroxylation sites is 1. The monoisotopic (exact) mass is 352 g/mol. The summed E-state index contributed by atoms with van der Waals surface area (Å²) < 4.78 is 6.77. The van der Waals surface area contributed by atoms with E-state index in [2.05, 4.69) is 20.4 Å². The van der Waals surface area contributed by atoms with E-state index in [-0.39, 0.29) is 11.9 Å². The molecule has 3 aromatic rings. The smallest absolute Gasteiger partial charge is 0.318 e. The molecule has 8 heteroatoms. The molecular formula is C18H20N6O2. The largest absolute Gasteiger partial charge is 0.467 e. The lowest BCUT2D eigenvalue weighted by molar-refractivity contribution is 0.102. The molecule has 0 saturated carbocycles. The standard InChI is InChI=1S/C18H20N6O2/c1-12-14(10-20-24(12)13-8-6-5-7-9-13)17(25)21-15-11-19-18(26-4)22-16(15)23(2)3/h5-11H,1-4H3,(H,21,25). The molecule has 0 radical (unpaired) electrons. The van der Waals surface area contributed by atoms with Gasteiger partial charge in [0.2, 0.25) is 0 Å². The van der Waals surface area contributed by atoms with Crippen molar-refractivity contribution < 1.29 is 9.53 Å². The number of nitrogens with one attached hydrogen (secondary N) is 1. The summed E-state index contributed by atoms with van der Waals surface area (Å²) in [7, 11) is 5.15. The third-order valence-corrected chi connectivity index (χ3v) is 3.86. The molecule has 0 aliphatic rings. The zero-order valence-corrected chi connectivity index (χ0v) is 15.1. The van der Waals surface area contributed by atoms with Gasteiger partial charge < -0.3 is 15.0 Å². The highest BCUT2D eigenvalue weighted by Crippen LogP contribution is 2.24. The van der Waals surface area contributed by atoms with Crippen LogP contribution in [0.5, 0.6) is 6.01 Å². The summed E-state index contributed by atoms with van der Waals surface area (Å²) in [6.07, 6.45) is 3.08. The summed E-state index contributed by atoms with van der Waals surface area (Å²) in [6, 6.07) is 9.89. The van der Waals surface area contributed by atoms with Gasteiger partial charge in [-0.05, 0) is 19.1 Å². The molecule has 0 bridgehead atoms. The Balaban J connectivity index is 1.89. The average Bonchev–Trinajstić information content (AvgIpc) is 3.04. The summed E-state index contributed by atoms with van der Waals surface area (Å²) in [5.41, 5.74) is 2.61. The Bertz CT molecular complexity index is 921. The first-order chi connectivity index (χ1) is 12.5.